The van der Waals surface area contributed by atoms with Crippen LogP contribution in [0.2, 0.25) is 15.1 Å². The molecule has 1 saturated heterocycles. The molecule has 2 heterocycles. The summed E-state index contributed by atoms with van der Waals surface area (Å²) in [6, 6.07) is 9.16. The Labute approximate surface area is 226 Å². The van der Waals surface area contributed by atoms with Crippen LogP contribution in [-0.2, 0) is 9.53 Å². The van der Waals surface area contributed by atoms with Crippen molar-refractivity contribution in [3.63, 3.8) is 0 Å². The second kappa shape index (κ2) is 11.9. The molecule has 2 aromatic rings. The number of amides is 2. The van der Waals surface area contributed by atoms with Gasteiger partial charge in [0.05, 0.1) is 22.2 Å². The number of carbonyl (C=O) groups excluding carboxylic acids is 2. The molecule has 0 unspecified atom stereocenters. The fourth-order valence-electron chi connectivity index (χ4n) is 5.26. The van der Waals surface area contributed by atoms with Crippen LogP contribution in [0.1, 0.15) is 44.1 Å². The molecule has 1 aliphatic carbocycles. The standard InChI is InChI=1S/C26H30Cl3N3O4/c1-15(36-24-10-6-18(27)12-30-24)20-13-32(14-21(20)17-5-9-22(28)23(29)11-17)25(33)16-3-7-19(8-4-16)31-26(34)35-2/h5-6,9-12,15-16,19-21H,3-4,7-8,13-14H2,1-2H3,(H,31,34)/t15-,16?,19?,20-,21-/m1/s1. The molecule has 0 radical (unpaired) electrons. The van der Waals surface area contributed by atoms with E-state index in [1.54, 1.807) is 24.4 Å². The summed E-state index contributed by atoms with van der Waals surface area (Å²) in [5, 5.41) is 4.37. The topological polar surface area (TPSA) is 80.8 Å². The van der Waals surface area contributed by atoms with Crippen LogP contribution in [0.5, 0.6) is 5.88 Å². The van der Waals surface area contributed by atoms with E-state index in [1.807, 2.05) is 24.0 Å². The Hall–Kier alpha value is -2.22. The number of halogens is 3. The van der Waals surface area contributed by atoms with Gasteiger partial charge < -0.3 is 19.7 Å². The van der Waals surface area contributed by atoms with E-state index in [0.29, 0.717) is 34.0 Å². The number of nitrogens with zero attached hydrogens (tertiary/aromatic N) is 2. The number of ether oxygens (including phenoxy) is 2. The largest absolute Gasteiger partial charge is 0.474 e. The quantitative estimate of drug-likeness (QED) is 0.476. The minimum atomic E-state index is -0.430. The molecule has 4 rings (SSSR count). The Morgan fingerprint density at radius 1 is 1.06 bits per heavy atom. The van der Waals surface area contributed by atoms with Crippen LogP contribution in [0.3, 0.4) is 0 Å². The maximum Gasteiger partial charge on any atom is 0.407 e. The smallest absolute Gasteiger partial charge is 0.407 e. The van der Waals surface area contributed by atoms with Gasteiger partial charge in [-0.15, -0.1) is 0 Å². The highest BCUT2D eigenvalue weighted by molar-refractivity contribution is 6.42. The fraction of sp³-hybridized carbons (Fsp3) is 0.500. The lowest BCUT2D eigenvalue weighted by Crippen LogP contribution is -2.42. The normalized spacial score (nSPS) is 24.8. The van der Waals surface area contributed by atoms with Crippen molar-refractivity contribution in [3.8, 4) is 5.88 Å². The zero-order chi connectivity index (χ0) is 25.8. The number of benzene rings is 1. The summed E-state index contributed by atoms with van der Waals surface area (Å²) in [5.41, 5.74) is 1.02. The van der Waals surface area contributed by atoms with E-state index in [-0.39, 0.29) is 35.8 Å². The van der Waals surface area contributed by atoms with E-state index in [2.05, 4.69) is 10.3 Å². The van der Waals surface area contributed by atoms with Crippen LogP contribution >= 0.6 is 34.8 Å². The van der Waals surface area contributed by atoms with E-state index in [4.69, 9.17) is 44.3 Å². The highest BCUT2D eigenvalue weighted by Crippen LogP contribution is 2.39. The molecule has 7 nitrogen and oxygen atoms in total. The second-order valence-electron chi connectivity index (χ2n) is 9.51. The van der Waals surface area contributed by atoms with Crippen molar-refractivity contribution in [3.05, 3.63) is 57.2 Å². The van der Waals surface area contributed by atoms with Gasteiger partial charge in [0.15, 0.2) is 0 Å². The van der Waals surface area contributed by atoms with Crippen LogP contribution in [-0.4, -0.2) is 54.2 Å². The van der Waals surface area contributed by atoms with Gasteiger partial charge in [0.1, 0.15) is 6.10 Å². The average Bonchev–Trinajstić information content (AvgIpc) is 3.33. The molecule has 1 aliphatic heterocycles. The number of pyridine rings is 1. The Balaban J connectivity index is 1.47. The maximum absolute atomic E-state index is 13.5. The van der Waals surface area contributed by atoms with Gasteiger partial charge in [-0.05, 0) is 56.4 Å². The zero-order valence-corrected chi connectivity index (χ0v) is 22.5. The predicted octanol–water partition coefficient (Wildman–Crippen LogP) is 5.97. The van der Waals surface area contributed by atoms with Crippen molar-refractivity contribution in [2.75, 3.05) is 20.2 Å². The first-order valence-electron chi connectivity index (χ1n) is 12.1. The van der Waals surface area contributed by atoms with E-state index in [9.17, 15) is 9.59 Å². The van der Waals surface area contributed by atoms with Crippen LogP contribution in [0.15, 0.2) is 36.5 Å². The third kappa shape index (κ3) is 6.36. The maximum atomic E-state index is 13.5. The number of methoxy groups -OCH3 is 1. The molecular formula is C26H30Cl3N3O4. The average molecular weight is 555 g/mol. The Morgan fingerprint density at radius 2 is 1.81 bits per heavy atom. The molecule has 2 amide bonds. The Bertz CT molecular complexity index is 1080. The number of hydrogen-bond acceptors (Lipinski definition) is 5. The van der Waals surface area contributed by atoms with E-state index in [1.165, 1.54) is 7.11 Å². The molecule has 2 aliphatic rings. The molecular weight excluding hydrogens is 525 g/mol. The number of rotatable bonds is 6. The number of nitrogens with one attached hydrogen (secondary N) is 1. The van der Waals surface area contributed by atoms with Crippen molar-refractivity contribution < 1.29 is 19.1 Å². The monoisotopic (exact) mass is 553 g/mol. The Kier molecular flexibility index (Phi) is 8.86. The molecule has 10 heteroatoms. The fourth-order valence-corrected chi connectivity index (χ4v) is 5.68. The van der Waals surface area contributed by atoms with Gasteiger partial charge in [0.2, 0.25) is 11.8 Å². The summed E-state index contributed by atoms with van der Waals surface area (Å²) in [6.45, 7) is 3.14. The SMILES string of the molecule is COC(=O)NC1CCC(C(=O)N2C[C@H]([C@@H](C)Oc3ccc(Cl)cn3)[C@@H](c3ccc(Cl)c(Cl)c3)C2)CC1. The first-order valence-corrected chi connectivity index (χ1v) is 13.2. The minimum Gasteiger partial charge on any atom is -0.474 e. The summed E-state index contributed by atoms with van der Waals surface area (Å²) in [4.78, 5) is 31.3. The molecule has 2 fully saturated rings. The van der Waals surface area contributed by atoms with Gasteiger partial charge in [-0.2, -0.15) is 0 Å². The zero-order valence-electron chi connectivity index (χ0n) is 20.3. The molecule has 36 heavy (non-hydrogen) atoms. The molecule has 1 aromatic heterocycles. The van der Waals surface area contributed by atoms with Crippen LogP contribution in [0.4, 0.5) is 4.79 Å². The number of carbonyl (C=O) groups is 2. The van der Waals surface area contributed by atoms with Gasteiger partial charge in [-0.25, -0.2) is 9.78 Å². The summed E-state index contributed by atoms with van der Waals surface area (Å²) in [7, 11) is 1.35. The highest BCUT2D eigenvalue weighted by atomic mass is 35.5. The minimum absolute atomic E-state index is 0.0287. The van der Waals surface area contributed by atoms with Gasteiger partial charge in [0, 0.05) is 49.1 Å². The van der Waals surface area contributed by atoms with Crippen LogP contribution in [0.25, 0.3) is 0 Å². The van der Waals surface area contributed by atoms with Crippen molar-refractivity contribution in [1.29, 1.82) is 0 Å². The molecule has 0 spiro atoms. The third-order valence-electron chi connectivity index (χ3n) is 7.24. The lowest BCUT2D eigenvalue weighted by molar-refractivity contribution is -0.135. The number of aromatic nitrogens is 1. The molecule has 194 valence electrons. The summed E-state index contributed by atoms with van der Waals surface area (Å²) < 4.78 is 10.9. The van der Waals surface area contributed by atoms with Gasteiger partial charge in [0.25, 0.3) is 0 Å². The summed E-state index contributed by atoms with van der Waals surface area (Å²) in [5.74, 6) is 0.629. The first kappa shape index (κ1) is 26.8. The number of likely N-dealkylation sites (tertiary alicyclic amines) is 1. The van der Waals surface area contributed by atoms with Crippen molar-refractivity contribution in [2.24, 2.45) is 11.8 Å². The highest BCUT2D eigenvalue weighted by Gasteiger charge is 2.42. The second-order valence-corrected chi connectivity index (χ2v) is 10.8. The van der Waals surface area contributed by atoms with Gasteiger partial charge in [-0.3, -0.25) is 4.79 Å². The molecule has 1 aromatic carbocycles. The predicted molar refractivity (Wildman–Crippen MR) is 140 cm³/mol. The van der Waals surface area contributed by atoms with E-state index in [0.717, 1.165) is 31.2 Å². The number of hydrogen-bond donors (Lipinski definition) is 1. The molecule has 3 atom stereocenters. The van der Waals surface area contributed by atoms with Crippen LogP contribution < -0.4 is 10.1 Å². The lowest BCUT2D eigenvalue weighted by atomic mass is 9.85. The summed E-state index contributed by atoms with van der Waals surface area (Å²) >= 11 is 18.5. The van der Waals surface area contributed by atoms with Crippen molar-refractivity contribution in [1.82, 2.24) is 15.2 Å². The Morgan fingerprint density at radius 3 is 2.44 bits per heavy atom. The van der Waals surface area contributed by atoms with Crippen molar-refractivity contribution in [2.45, 2.75) is 50.7 Å². The third-order valence-corrected chi connectivity index (χ3v) is 8.20. The van der Waals surface area contributed by atoms with Crippen LogP contribution in [0, 0.1) is 11.8 Å². The summed E-state index contributed by atoms with van der Waals surface area (Å²) in [6.07, 6.45) is 3.87. The number of alkyl carbamates (subject to hydrolysis) is 1. The van der Waals surface area contributed by atoms with Gasteiger partial charge >= 0.3 is 6.09 Å². The van der Waals surface area contributed by atoms with Gasteiger partial charge in [-0.1, -0.05) is 40.9 Å². The lowest BCUT2D eigenvalue weighted by Gasteiger charge is -2.30. The van der Waals surface area contributed by atoms with Crippen molar-refractivity contribution >= 4 is 46.8 Å². The first-order chi connectivity index (χ1) is 17.2. The van der Waals surface area contributed by atoms with E-state index < -0.39 is 6.09 Å². The molecule has 0 bridgehead atoms. The molecule has 1 saturated carbocycles. The molecule has 1 N–H and O–H groups in total. The van der Waals surface area contributed by atoms with E-state index >= 15 is 0 Å².